The number of thiophene rings is 1. The number of methoxy groups -OCH3 is 1. The number of hydrogen-bond acceptors (Lipinski definition) is 4. The van der Waals surface area contributed by atoms with Gasteiger partial charge in [-0.05, 0) is 42.5 Å². The third kappa shape index (κ3) is 3.73. The van der Waals surface area contributed by atoms with Gasteiger partial charge < -0.3 is 14.5 Å². The van der Waals surface area contributed by atoms with E-state index >= 15 is 0 Å². The molecule has 1 aliphatic heterocycles. The van der Waals surface area contributed by atoms with E-state index < -0.39 is 0 Å². The Hall–Kier alpha value is -2.86. The van der Waals surface area contributed by atoms with Crippen molar-refractivity contribution in [2.75, 3.05) is 38.2 Å². The molecule has 1 aliphatic rings. The molecule has 6 heteroatoms. The number of amides is 1. The van der Waals surface area contributed by atoms with E-state index in [1.807, 2.05) is 35.2 Å². The van der Waals surface area contributed by atoms with Crippen LogP contribution in [0.15, 0.2) is 60.7 Å². The summed E-state index contributed by atoms with van der Waals surface area (Å²) in [5.41, 5.74) is 1.67. The molecule has 0 bridgehead atoms. The van der Waals surface area contributed by atoms with Crippen LogP contribution in [0.1, 0.15) is 9.67 Å². The number of carbonyl (C=O) groups is 1. The molecule has 3 aromatic rings. The average Bonchev–Trinajstić information content (AvgIpc) is 3.24. The van der Waals surface area contributed by atoms with E-state index in [1.54, 1.807) is 31.4 Å². The van der Waals surface area contributed by atoms with Crippen molar-refractivity contribution < 1.29 is 13.9 Å². The summed E-state index contributed by atoms with van der Waals surface area (Å²) in [6, 6.07) is 18.2. The minimum atomic E-state index is -0.267. The van der Waals surface area contributed by atoms with Crippen LogP contribution in [0, 0.1) is 5.82 Å². The zero-order chi connectivity index (χ0) is 19.5. The van der Waals surface area contributed by atoms with Crippen LogP contribution < -0.4 is 9.64 Å². The van der Waals surface area contributed by atoms with Gasteiger partial charge in [0, 0.05) is 42.3 Å². The van der Waals surface area contributed by atoms with E-state index in [0.29, 0.717) is 23.5 Å². The number of piperazine rings is 1. The van der Waals surface area contributed by atoms with Crippen molar-refractivity contribution in [1.29, 1.82) is 0 Å². The Bertz CT molecular complexity index is 963. The summed E-state index contributed by atoms with van der Waals surface area (Å²) < 4.78 is 19.2. The Morgan fingerprint density at radius 1 is 0.964 bits per heavy atom. The predicted octanol–water partition coefficient (Wildman–Crippen LogP) is 4.53. The lowest BCUT2D eigenvalue weighted by atomic mass is 10.2. The summed E-state index contributed by atoms with van der Waals surface area (Å²) in [6.45, 7) is 2.89. The Morgan fingerprint density at radius 2 is 1.68 bits per heavy atom. The van der Waals surface area contributed by atoms with Gasteiger partial charge in [0.1, 0.15) is 11.6 Å². The van der Waals surface area contributed by atoms with E-state index in [9.17, 15) is 9.18 Å². The molecule has 4 nitrogen and oxygen atoms in total. The summed E-state index contributed by atoms with van der Waals surface area (Å²) in [6.07, 6.45) is 0. The molecule has 2 aromatic carbocycles. The zero-order valence-electron chi connectivity index (χ0n) is 15.6. The highest BCUT2D eigenvalue weighted by atomic mass is 32.1. The molecule has 0 radical (unpaired) electrons. The molecule has 0 N–H and O–H groups in total. The van der Waals surface area contributed by atoms with Gasteiger partial charge in [-0.15, -0.1) is 11.3 Å². The van der Waals surface area contributed by atoms with Crippen LogP contribution in [0.5, 0.6) is 5.75 Å². The number of anilines is 1. The number of rotatable bonds is 4. The minimum Gasteiger partial charge on any atom is -0.497 e. The Balaban J connectivity index is 1.41. The van der Waals surface area contributed by atoms with E-state index in [4.69, 9.17) is 4.74 Å². The molecule has 0 saturated carbocycles. The van der Waals surface area contributed by atoms with Crippen molar-refractivity contribution >= 4 is 22.9 Å². The van der Waals surface area contributed by atoms with Gasteiger partial charge in [0.2, 0.25) is 0 Å². The van der Waals surface area contributed by atoms with Crippen LogP contribution in [0.25, 0.3) is 10.4 Å². The molecule has 0 unspecified atom stereocenters. The first kappa shape index (κ1) is 18.5. The largest absolute Gasteiger partial charge is 0.497 e. The molecule has 4 rings (SSSR count). The smallest absolute Gasteiger partial charge is 0.264 e. The molecule has 0 atom stereocenters. The molecule has 1 amide bonds. The van der Waals surface area contributed by atoms with Crippen molar-refractivity contribution in [3.05, 3.63) is 71.4 Å². The first-order chi connectivity index (χ1) is 13.7. The molecule has 0 spiro atoms. The van der Waals surface area contributed by atoms with Gasteiger partial charge in [0.25, 0.3) is 5.91 Å². The molecule has 1 fully saturated rings. The van der Waals surface area contributed by atoms with Crippen molar-refractivity contribution in [1.82, 2.24) is 4.90 Å². The van der Waals surface area contributed by atoms with Gasteiger partial charge >= 0.3 is 0 Å². The summed E-state index contributed by atoms with van der Waals surface area (Å²) in [7, 11) is 1.65. The Labute approximate surface area is 167 Å². The monoisotopic (exact) mass is 396 g/mol. The topological polar surface area (TPSA) is 32.8 Å². The predicted molar refractivity (Wildman–Crippen MR) is 111 cm³/mol. The highest BCUT2D eigenvalue weighted by molar-refractivity contribution is 7.17. The molecule has 28 heavy (non-hydrogen) atoms. The molecular weight excluding hydrogens is 375 g/mol. The lowest BCUT2D eigenvalue weighted by Crippen LogP contribution is -2.48. The van der Waals surface area contributed by atoms with Gasteiger partial charge in [-0.2, -0.15) is 0 Å². The van der Waals surface area contributed by atoms with E-state index in [0.717, 1.165) is 29.4 Å². The minimum absolute atomic E-state index is 0.0157. The number of nitrogens with zero attached hydrogens (tertiary/aromatic N) is 2. The molecule has 2 heterocycles. The molecular formula is C22H21FN2O2S. The lowest BCUT2D eigenvalue weighted by Gasteiger charge is -2.36. The molecule has 1 saturated heterocycles. The first-order valence-electron chi connectivity index (χ1n) is 9.19. The standard InChI is InChI=1S/C22H21FN2O2S/c1-27-17-8-6-16(7-9-17)24-12-14-25(15-13-24)22(26)21-11-10-20(28-21)18-4-2-3-5-19(18)23/h2-11H,12-15H2,1H3. The maximum atomic E-state index is 14.0. The van der Waals surface area contributed by atoms with Gasteiger partial charge in [-0.3, -0.25) is 4.79 Å². The fourth-order valence-electron chi connectivity index (χ4n) is 3.38. The Kier molecular flexibility index (Phi) is 5.30. The summed E-state index contributed by atoms with van der Waals surface area (Å²) in [4.78, 5) is 18.4. The molecule has 0 aliphatic carbocycles. The average molecular weight is 396 g/mol. The highest BCUT2D eigenvalue weighted by Gasteiger charge is 2.24. The van der Waals surface area contributed by atoms with Crippen LogP contribution in [0.2, 0.25) is 0 Å². The quantitative estimate of drug-likeness (QED) is 0.650. The zero-order valence-corrected chi connectivity index (χ0v) is 16.4. The number of carbonyl (C=O) groups excluding carboxylic acids is 1. The third-order valence-electron chi connectivity index (χ3n) is 4.96. The maximum absolute atomic E-state index is 14.0. The number of ether oxygens (including phenoxy) is 1. The summed E-state index contributed by atoms with van der Waals surface area (Å²) in [5.74, 6) is 0.583. The summed E-state index contributed by atoms with van der Waals surface area (Å²) >= 11 is 1.34. The Morgan fingerprint density at radius 3 is 2.36 bits per heavy atom. The van der Waals surface area contributed by atoms with Crippen molar-refractivity contribution in [3.63, 3.8) is 0 Å². The summed E-state index contributed by atoms with van der Waals surface area (Å²) in [5, 5.41) is 0. The second-order valence-corrected chi connectivity index (χ2v) is 7.70. The lowest BCUT2D eigenvalue weighted by molar-refractivity contribution is 0.0751. The maximum Gasteiger partial charge on any atom is 0.264 e. The first-order valence-corrected chi connectivity index (χ1v) is 10.0. The SMILES string of the molecule is COc1ccc(N2CCN(C(=O)c3ccc(-c4ccccc4F)s3)CC2)cc1. The highest BCUT2D eigenvalue weighted by Crippen LogP contribution is 2.31. The second kappa shape index (κ2) is 8.02. The van der Waals surface area contributed by atoms with E-state index in [2.05, 4.69) is 4.90 Å². The number of halogens is 1. The van der Waals surface area contributed by atoms with E-state index in [1.165, 1.54) is 17.4 Å². The fourth-order valence-corrected chi connectivity index (χ4v) is 4.38. The number of hydrogen-bond donors (Lipinski definition) is 0. The van der Waals surface area contributed by atoms with Crippen LogP contribution >= 0.6 is 11.3 Å². The molecule has 1 aromatic heterocycles. The number of benzene rings is 2. The normalized spacial score (nSPS) is 14.2. The van der Waals surface area contributed by atoms with Crippen LogP contribution in [0.3, 0.4) is 0 Å². The van der Waals surface area contributed by atoms with Crippen molar-refractivity contribution in [3.8, 4) is 16.2 Å². The van der Waals surface area contributed by atoms with Gasteiger partial charge in [-0.25, -0.2) is 4.39 Å². The van der Waals surface area contributed by atoms with E-state index in [-0.39, 0.29) is 11.7 Å². The van der Waals surface area contributed by atoms with Gasteiger partial charge in [-0.1, -0.05) is 18.2 Å². The fraction of sp³-hybridized carbons (Fsp3) is 0.227. The van der Waals surface area contributed by atoms with Gasteiger partial charge in [0.15, 0.2) is 0 Å². The third-order valence-corrected chi connectivity index (χ3v) is 6.07. The second-order valence-electron chi connectivity index (χ2n) is 6.62. The van der Waals surface area contributed by atoms with Gasteiger partial charge in [0.05, 0.1) is 12.0 Å². The van der Waals surface area contributed by atoms with Crippen LogP contribution in [-0.2, 0) is 0 Å². The van der Waals surface area contributed by atoms with Crippen molar-refractivity contribution in [2.45, 2.75) is 0 Å². The van der Waals surface area contributed by atoms with Crippen LogP contribution in [-0.4, -0.2) is 44.1 Å². The van der Waals surface area contributed by atoms with Crippen LogP contribution in [0.4, 0.5) is 10.1 Å². The van der Waals surface area contributed by atoms with Crippen molar-refractivity contribution in [2.24, 2.45) is 0 Å². The molecule has 144 valence electrons.